The minimum atomic E-state index is 0.139. The van der Waals surface area contributed by atoms with E-state index < -0.39 is 0 Å². The summed E-state index contributed by atoms with van der Waals surface area (Å²) in [5.74, 6) is 0. The van der Waals surface area contributed by atoms with E-state index in [4.69, 9.17) is 0 Å². The van der Waals surface area contributed by atoms with Gasteiger partial charge in [-0.3, -0.25) is 4.98 Å². The summed E-state index contributed by atoms with van der Waals surface area (Å²) < 4.78 is 4.10. The quantitative estimate of drug-likeness (QED) is 0.899. The van der Waals surface area contributed by atoms with Gasteiger partial charge in [0.1, 0.15) is 0 Å². The molecule has 0 saturated heterocycles. The Hall–Kier alpha value is -1.33. The number of hydrogen-bond donors (Lipinski definition) is 1. The van der Waals surface area contributed by atoms with Crippen molar-refractivity contribution in [2.45, 2.75) is 32.7 Å². The van der Waals surface area contributed by atoms with Gasteiger partial charge in [-0.05, 0) is 49.1 Å². The summed E-state index contributed by atoms with van der Waals surface area (Å²) in [7, 11) is 1.96. The van der Waals surface area contributed by atoms with Crippen LogP contribution in [0, 0.1) is 6.92 Å². The molecule has 0 aromatic carbocycles. The summed E-state index contributed by atoms with van der Waals surface area (Å²) in [5, 5.41) is 7.59. The van der Waals surface area contributed by atoms with Crippen LogP contribution in [0.2, 0.25) is 0 Å². The van der Waals surface area contributed by atoms with Crippen LogP contribution in [0.3, 0.4) is 0 Å². The van der Waals surface area contributed by atoms with Gasteiger partial charge in [-0.15, -0.1) is 5.10 Å². The molecule has 0 amide bonds. The molecule has 18 heavy (non-hydrogen) atoms. The normalized spacial score (nSPS) is 12.6. The average Bonchev–Trinajstić information content (AvgIpc) is 2.82. The predicted octanol–water partition coefficient (Wildman–Crippen LogP) is 2.50. The highest BCUT2D eigenvalue weighted by atomic mass is 32.1. The Balaban J connectivity index is 2.39. The van der Waals surface area contributed by atoms with Crippen molar-refractivity contribution in [3.8, 4) is 0 Å². The molecule has 0 aliphatic carbocycles. The lowest BCUT2D eigenvalue weighted by Crippen LogP contribution is -2.19. The van der Waals surface area contributed by atoms with E-state index in [1.54, 1.807) is 0 Å². The van der Waals surface area contributed by atoms with Crippen molar-refractivity contribution in [3.05, 3.63) is 40.2 Å². The second-order valence-electron chi connectivity index (χ2n) is 4.29. The van der Waals surface area contributed by atoms with E-state index in [1.165, 1.54) is 27.5 Å². The molecule has 0 aliphatic heterocycles. The fourth-order valence-corrected chi connectivity index (χ4v) is 2.88. The van der Waals surface area contributed by atoms with Crippen molar-refractivity contribution in [1.82, 2.24) is 19.9 Å². The topological polar surface area (TPSA) is 50.7 Å². The van der Waals surface area contributed by atoms with E-state index in [0.717, 1.165) is 18.5 Å². The van der Waals surface area contributed by atoms with Crippen LogP contribution in [0.4, 0.5) is 0 Å². The molecule has 0 spiro atoms. The van der Waals surface area contributed by atoms with Crippen LogP contribution in [-0.2, 0) is 6.42 Å². The molecule has 2 aromatic heterocycles. The van der Waals surface area contributed by atoms with Gasteiger partial charge in [-0.25, -0.2) is 0 Å². The molecule has 0 bridgehead atoms. The predicted molar refractivity (Wildman–Crippen MR) is 73.8 cm³/mol. The summed E-state index contributed by atoms with van der Waals surface area (Å²) in [6.07, 6.45) is 5.81. The highest BCUT2D eigenvalue weighted by Gasteiger charge is 2.20. The van der Waals surface area contributed by atoms with Crippen molar-refractivity contribution in [1.29, 1.82) is 0 Å². The van der Waals surface area contributed by atoms with E-state index in [1.807, 2.05) is 25.5 Å². The van der Waals surface area contributed by atoms with E-state index in [2.05, 4.69) is 33.7 Å². The van der Waals surface area contributed by atoms with Gasteiger partial charge in [0.2, 0.25) is 0 Å². The maximum atomic E-state index is 4.24. The molecule has 1 atom stereocenters. The molecule has 5 heteroatoms. The van der Waals surface area contributed by atoms with Crippen LogP contribution in [0.15, 0.2) is 18.5 Å². The first-order valence-corrected chi connectivity index (χ1v) is 6.94. The number of aryl methyl sites for hydroxylation is 2. The summed E-state index contributed by atoms with van der Waals surface area (Å²) in [6.45, 7) is 4.27. The monoisotopic (exact) mass is 262 g/mol. The molecule has 1 N–H and O–H groups in total. The Labute approximate surface area is 112 Å². The van der Waals surface area contributed by atoms with Gasteiger partial charge >= 0.3 is 0 Å². The Morgan fingerprint density at radius 1 is 1.44 bits per heavy atom. The fourth-order valence-electron chi connectivity index (χ4n) is 2.05. The number of nitrogens with zero attached hydrogens (tertiary/aromatic N) is 3. The second kappa shape index (κ2) is 6.02. The van der Waals surface area contributed by atoms with Crippen molar-refractivity contribution in [2.75, 3.05) is 7.05 Å². The van der Waals surface area contributed by atoms with Gasteiger partial charge in [-0.2, -0.15) is 0 Å². The average molecular weight is 262 g/mol. The van der Waals surface area contributed by atoms with E-state index in [9.17, 15) is 0 Å². The molecule has 0 saturated carbocycles. The minimum absolute atomic E-state index is 0.139. The molecule has 2 heterocycles. The fraction of sp³-hybridized carbons (Fsp3) is 0.462. The van der Waals surface area contributed by atoms with Crippen LogP contribution in [-0.4, -0.2) is 21.6 Å². The zero-order valence-electron chi connectivity index (χ0n) is 11.0. The minimum Gasteiger partial charge on any atom is -0.309 e. The molecule has 0 radical (unpaired) electrons. The molecule has 1 unspecified atom stereocenters. The van der Waals surface area contributed by atoms with Gasteiger partial charge in [0.25, 0.3) is 0 Å². The first kappa shape index (κ1) is 13.1. The summed E-state index contributed by atoms with van der Waals surface area (Å²) in [4.78, 5) is 5.43. The van der Waals surface area contributed by atoms with Gasteiger partial charge in [-0.1, -0.05) is 17.8 Å². The van der Waals surface area contributed by atoms with Crippen molar-refractivity contribution >= 4 is 11.5 Å². The maximum absolute atomic E-state index is 4.24. The van der Waals surface area contributed by atoms with E-state index in [-0.39, 0.29) is 6.04 Å². The molecular formula is C13H18N4S. The number of pyridine rings is 1. The Bertz CT molecular complexity index is 509. The zero-order chi connectivity index (χ0) is 13.0. The molecule has 96 valence electrons. The van der Waals surface area contributed by atoms with Crippen LogP contribution in [0.5, 0.6) is 0 Å². The largest absolute Gasteiger partial charge is 0.309 e. The molecule has 2 rings (SSSR count). The zero-order valence-corrected chi connectivity index (χ0v) is 11.8. The summed E-state index contributed by atoms with van der Waals surface area (Å²) in [5.41, 5.74) is 3.54. The molecular weight excluding hydrogens is 244 g/mol. The van der Waals surface area contributed by atoms with Crippen molar-refractivity contribution in [3.63, 3.8) is 0 Å². The second-order valence-corrected chi connectivity index (χ2v) is 5.07. The summed E-state index contributed by atoms with van der Waals surface area (Å²) in [6, 6.07) is 2.17. The van der Waals surface area contributed by atoms with Crippen molar-refractivity contribution < 1.29 is 0 Å². The molecule has 0 aliphatic rings. The van der Waals surface area contributed by atoms with Crippen LogP contribution >= 0.6 is 11.5 Å². The van der Waals surface area contributed by atoms with Crippen LogP contribution in [0.25, 0.3) is 0 Å². The Morgan fingerprint density at radius 2 is 2.28 bits per heavy atom. The lowest BCUT2D eigenvalue weighted by Gasteiger charge is -2.17. The first-order chi connectivity index (χ1) is 8.77. The maximum Gasteiger partial charge on any atom is 0.0807 e. The number of aromatic nitrogens is 3. The summed E-state index contributed by atoms with van der Waals surface area (Å²) >= 11 is 1.47. The van der Waals surface area contributed by atoms with Crippen LogP contribution in [0.1, 0.15) is 41.1 Å². The lowest BCUT2D eigenvalue weighted by molar-refractivity contribution is 0.681. The molecule has 0 fully saturated rings. The third kappa shape index (κ3) is 2.57. The highest BCUT2D eigenvalue weighted by molar-refractivity contribution is 7.05. The Morgan fingerprint density at radius 3 is 2.94 bits per heavy atom. The van der Waals surface area contributed by atoms with Gasteiger partial charge in [0.15, 0.2) is 0 Å². The third-order valence-corrected chi connectivity index (χ3v) is 3.84. The highest BCUT2D eigenvalue weighted by Crippen LogP contribution is 2.28. The first-order valence-electron chi connectivity index (χ1n) is 6.16. The number of nitrogens with one attached hydrogen (secondary N) is 1. The van der Waals surface area contributed by atoms with Gasteiger partial charge in [0, 0.05) is 12.4 Å². The van der Waals surface area contributed by atoms with Crippen LogP contribution < -0.4 is 5.32 Å². The SMILES string of the molecule is CCCc1nnsc1C(NC)c1cnccc1C. The van der Waals surface area contributed by atoms with E-state index >= 15 is 0 Å². The third-order valence-electron chi connectivity index (χ3n) is 3.01. The smallest absolute Gasteiger partial charge is 0.0807 e. The van der Waals surface area contributed by atoms with Crippen molar-refractivity contribution in [2.24, 2.45) is 0 Å². The lowest BCUT2D eigenvalue weighted by atomic mass is 10.0. The van der Waals surface area contributed by atoms with Gasteiger partial charge in [0.05, 0.1) is 16.6 Å². The van der Waals surface area contributed by atoms with E-state index in [0.29, 0.717) is 0 Å². The Kier molecular flexibility index (Phi) is 4.38. The molecule has 4 nitrogen and oxygen atoms in total. The van der Waals surface area contributed by atoms with Gasteiger partial charge < -0.3 is 5.32 Å². The standard InChI is InChI=1S/C13H18N4S/c1-4-5-11-13(18-17-16-11)12(14-3)10-8-15-7-6-9(10)2/h6-8,12,14H,4-5H2,1-3H3. The molecule has 2 aromatic rings. The number of rotatable bonds is 5. The number of hydrogen-bond acceptors (Lipinski definition) is 5.